The van der Waals surface area contributed by atoms with E-state index in [9.17, 15) is 96.1 Å². The zero-order valence-corrected chi connectivity index (χ0v) is 24.6. The molecule has 0 saturated carbocycles. The Labute approximate surface area is 273 Å². The van der Waals surface area contributed by atoms with Gasteiger partial charge in [-0.2, -0.15) is 5.10 Å². The minimum Gasteiger partial charge on any atom is -0.503 e. The number of methoxy groups -OCH3 is 1. The van der Waals surface area contributed by atoms with E-state index in [2.05, 4.69) is 9.84 Å². The Morgan fingerprint density at radius 1 is 0.700 bits per heavy atom. The monoisotopic (exact) mass is 715 g/mol. The molecule has 50 heavy (non-hydrogen) atoms. The maximum absolute atomic E-state index is 14.0. The number of aromatic nitrogens is 2. The van der Waals surface area contributed by atoms with E-state index in [-0.39, 0.29) is 14.5 Å². The van der Waals surface area contributed by atoms with Crippen LogP contribution >= 0.6 is 0 Å². The van der Waals surface area contributed by atoms with Gasteiger partial charge in [0, 0.05) is 0 Å². The topological polar surface area (TPSA) is 434 Å². The van der Waals surface area contributed by atoms with Crippen LogP contribution in [0.5, 0.6) is 51.7 Å². The molecular weight excluding hydrogens is 690 g/mol. The lowest BCUT2D eigenvalue weighted by Crippen LogP contribution is -2.80. The van der Waals surface area contributed by atoms with Crippen molar-refractivity contribution in [3.63, 3.8) is 0 Å². The Hall–Kier alpha value is -6.06. The second-order valence-electron chi connectivity index (χ2n) is 11.0. The summed E-state index contributed by atoms with van der Waals surface area (Å²) in [6.45, 7) is -3.39. The molecular formula is C25H25N5O20. The minimum atomic E-state index is -4.51. The molecule has 25 heteroatoms. The van der Waals surface area contributed by atoms with Crippen molar-refractivity contribution in [3.8, 4) is 57.4 Å². The molecule has 3 heterocycles. The highest BCUT2D eigenvalue weighted by atomic mass is 16.7. The van der Waals surface area contributed by atoms with Crippen molar-refractivity contribution in [1.29, 1.82) is 0 Å². The van der Waals surface area contributed by atoms with E-state index in [1.807, 2.05) is 0 Å². The van der Waals surface area contributed by atoms with Crippen LogP contribution in [0.25, 0.3) is 5.69 Å². The number of aromatic hydroxyl groups is 8. The number of aliphatic hydroxyl groups is 8. The number of primary amides is 1. The van der Waals surface area contributed by atoms with Gasteiger partial charge in [-0.25, -0.2) is 4.68 Å². The van der Waals surface area contributed by atoms with Gasteiger partial charge in [0.05, 0.1) is 25.8 Å². The van der Waals surface area contributed by atoms with Gasteiger partial charge in [-0.3, -0.25) is 24.2 Å². The van der Waals surface area contributed by atoms with Gasteiger partial charge in [-0.15, -0.1) is 0 Å². The van der Waals surface area contributed by atoms with Crippen molar-refractivity contribution in [2.45, 2.75) is 23.1 Å². The molecule has 1 saturated heterocycles. The fourth-order valence-electron chi connectivity index (χ4n) is 5.45. The third-order valence-electron chi connectivity index (χ3n) is 7.94. The molecule has 3 aromatic rings. The summed E-state index contributed by atoms with van der Waals surface area (Å²) in [5.74, 6) is -35.6. The molecule has 2 aliphatic rings. The molecule has 25 nitrogen and oxygen atoms in total. The van der Waals surface area contributed by atoms with Gasteiger partial charge >= 0.3 is 5.79 Å². The van der Waals surface area contributed by atoms with Gasteiger partial charge in [0.2, 0.25) is 28.8 Å². The number of phenols is 8. The number of nitrogens with zero attached hydrogens (tertiary/aromatic N) is 4. The Balaban J connectivity index is 1.77. The van der Waals surface area contributed by atoms with Gasteiger partial charge in [0.15, 0.2) is 45.9 Å². The number of nitrogens with two attached hydrogens (primary N) is 1. The van der Waals surface area contributed by atoms with E-state index in [0.717, 1.165) is 7.11 Å². The summed E-state index contributed by atoms with van der Waals surface area (Å²) in [4.78, 5) is 38.6. The molecule has 270 valence electrons. The van der Waals surface area contributed by atoms with Gasteiger partial charge in [0.25, 0.3) is 23.5 Å². The van der Waals surface area contributed by atoms with Crippen LogP contribution in [0.3, 0.4) is 0 Å². The first-order chi connectivity index (χ1) is 22.8. The molecule has 3 amide bonds. The van der Waals surface area contributed by atoms with E-state index >= 15 is 0 Å². The summed E-state index contributed by atoms with van der Waals surface area (Å²) in [6, 6.07) is 0. The highest BCUT2D eigenvalue weighted by molar-refractivity contribution is 6.13. The van der Waals surface area contributed by atoms with Crippen LogP contribution in [0.2, 0.25) is 0 Å². The zero-order valence-electron chi connectivity index (χ0n) is 24.6. The second-order valence-corrected chi connectivity index (χ2v) is 11.0. The highest BCUT2D eigenvalue weighted by Gasteiger charge is 2.71. The summed E-state index contributed by atoms with van der Waals surface area (Å²) in [5.41, 5.74) is -2.57. The first-order valence-corrected chi connectivity index (χ1v) is 13.2. The average molecular weight is 715 g/mol. The molecule has 5 rings (SSSR count). The molecule has 0 unspecified atom stereocenters. The minimum absolute atomic E-state index is 0.0359. The molecule has 0 atom stereocenters. The molecule has 1 fully saturated rings. The number of carbonyl (C=O) groups is 3. The number of fused-ring (bicyclic) bond motifs is 1. The molecule has 0 aliphatic carbocycles. The lowest BCUT2D eigenvalue weighted by Gasteiger charge is -2.49. The second kappa shape index (κ2) is 10.5. The van der Waals surface area contributed by atoms with Crippen molar-refractivity contribution in [3.05, 3.63) is 17.0 Å². The summed E-state index contributed by atoms with van der Waals surface area (Å²) >= 11 is 0. The third kappa shape index (κ3) is 4.29. The van der Waals surface area contributed by atoms with Crippen LogP contribution in [-0.4, -0.2) is 147 Å². The number of β-amino-alcohol motifs (C(OH)–C–C–N with tert-alkyl or cyclic N) is 4. The summed E-state index contributed by atoms with van der Waals surface area (Å²) in [7, 11) is 0.887. The van der Waals surface area contributed by atoms with E-state index < -0.39 is 140 Å². The molecule has 0 radical (unpaired) electrons. The number of rotatable bonds is 5. The first kappa shape index (κ1) is 35.3. The third-order valence-corrected chi connectivity index (χ3v) is 7.94. The highest BCUT2D eigenvalue weighted by Crippen LogP contribution is 2.59. The van der Waals surface area contributed by atoms with E-state index in [1.165, 1.54) is 0 Å². The predicted molar refractivity (Wildman–Crippen MR) is 150 cm³/mol. The zero-order chi connectivity index (χ0) is 38.0. The molecule has 2 aliphatic heterocycles. The Morgan fingerprint density at radius 3 is 1.58 bits per heavy atom. The van der Waals surface area contributed by atoms with Crippen LogP contribution in [0.15, 0.2) is 0 Å². The van der Waals surface area contributed by atoms with Crippen LogP contribution in [0.4, 0.5) is 11.4 Å². The van der Waals surface area contributed by atoms with Crippen molar-refractivity contribution in [2.24, 2.45) is 5.73 Å². The SMILES string of the molecule is COc1c(O)c(O)c(-n2nc(C(N)=O)c3c2C(=O)N(c2c(O)c(O)c(N4CC(O)(O)C(O)(O)C(O)(O)C4=O)c(O)c2O)CC3(O)O)c(O)c1O. The first-order valence-electron chi connectivity index (χ1n) is 13.2. The quantitative estimate of drug-likeness (QED) is 0.0663. The van der Waals surface area contributed by atoms with Gasteiger partial charge in [0.1, 0.15) is 17.1 Å². The summed E-state index contributed by atoms with van der Waals surface area (Å²) in [5, 5.41) is 171. The maximum Gasteiger partial charge on any atom is 0.306 e. The standard InChI is InChI=1S/C25H25N5O20/c1-50-18-16(37)14(35)9(15(36)17(18)38)30-6-4(5(27-30)19(26)39)22(42,43)2-28(20(6)40)7-10(31)12(33)8(13(34)11(7)32)29-3-23(44,45)25(48,49)24(46,47)21(29)41/h31-38,42-49H,2-3H2,1H3,(H2,26,39). The fraction of sp³-hybridized carbons (Fsp3) is 0.280. The Bertz CT molecular complexity index is 1980. The Kier molecular flexibility index (Phi) is 7.38. The lowest BCUT2D eigenvalue weighted by atomic mass is 9.89. The van der Waals surface area contributed by atoms with E-state index in [1.54, 1.807) is 0 Å². The van der Waals surface area contributed by atoms with Gasteiger partial charge < -0.3 is 92.2 Å². The van der Waals surface area contributed by atoms with E-state index in [0.29, 0.717) is 0 Å². The Morgan fingerprint density at radius 2 is 1.14 bits per heavy atom. The number of piperidine rings is 1. The number of ether oxygens (including phenoxy) is 1. The largest absolute Gasteiger partial charge is 0.503 e. The van der Waals surface area contributed by atoms with Gasteiger partial charge in [-0.1, -0.05) is 0 Å². The fourth-order valence-corrected chi connectivity index (χ4v) is 5.45. The van der Waals surface area contributed by atoms with Crippen LogP contribution in [-0.2, 0) is 10.6 Å². The van der Waals surface area contributed by atoms with Crippen LogP contribution < -0.4 is 20.3 Å². The number of amides is 3. The molecule has 18 N–H and O–H groups in total. The van der Waals surface area contributed by atoms with Crippen molar-refractivity contribution >= 4 is 29.1 Å². The van der Waals surface area contributed by atoms with Crippen LogP contribution in [0, 0.1) is 0 Å². The lowest BCUT2D eigenvalue weighted by molar-refractivity contribution is -0.440. The molecule has 2 aromatic carbocycles. The number of benzene rings is 2. The average Bonchev–Trinajstić information content (AvgIpc) is 3.42. The number of anilines is 2. The van der Waals surface area contributed by atoms with Crippen molar-refractivity contribution in [2.75, 3.05) is 30.0 Å². The number of carbonyl (C=O) groups excluding carboxylic acids is 3. The molecule has 0 spiro atoms. The van der Waals surface area contributed by atoms with E-state index in [4.69, 9.17) is 5.73 Å². The van der Waals surface area contributed by atoms with Crippen molar-refractivity contribution in [1.82, 2.24) is 9.78 Å². The number of hydrogen-bond acceptors (Lipinski definition) is 21. The predicted octanol–water partition coefficient (Wildman–Crippen LogP) is -6.19. The summed E-state index contributed by atoms with van der Waals surface area (Å²) in [6.07, 6.45) is 0. The summed E-state index contributed by atoms with van der Waals surface area (Å²) < 4.78 is 4.73. The molecule has 0 bridgehead atoms. The van der Waals surface area contributed by atoms with Crippen LogP contribution in [0.1, 0.15) is 26.5 Å². The normalized spacial score (nSPS) is 19.0. The number of phenolic OH excluding ortho intramolecular Hbond substituents is 8. The smallest absolute Gasteiger partial charge is 0.306 e. The molecule has 1 aromatic heterocycles. The maximum atomic E-state index is 14.0. The van der Waals surface area contributed by atoms with Crippen molar-refractivity contribution < 1.29 is 101 Å². The number of hydrogen-bond donors (Lipinski definition) is 17. The van der Waals surface area contributed by atoms with Gasteiger partial charge in [-0.05, 0) is 0 Å².